The standard InChI is InChI=1S/C7H14NO/c1-9-6-7-4-2-3-5-8-7/h6-8H,2-5H2,1H3. The summed E-state index contributed by atoms with van der Waals surface area (Å²) in [6, 6.07) is 0.503. The molecule has 1 saturated heterocycles. The Morgan fingerprint density at radius 2 is 2.44 bits per heavy atom. The lowest BCUT2D eigenvalue weighted by Crippen LogP contribution is -2.34. The molecule has 0 spiro atoms. The van der Waals surface area contributed by atoms with Crippen LogP contribution in [0.15, 0.2) is 0 Å². The van der Waals surface area contributed by atoms with E-state index in [9.17, 15) is 0 Å². The Labute approximate surface area is 56.6 Å². The summed E-state index contributed by atoms with van der Waals surface area (Å²) in [7, 11) is 1.70. The van der Waals surface area contributed by atoms with Crippen LogP contribution in [0.4, 0.5) is 0 Å². The molecule has 1 aliphatic heterocycles. The Kier molecular flexibility index (Phi) is 3.01. The van der Waals surface area contributed by atoms with Crippen molar-refractivity contribution in [2.75, 3.05) is 13.7 Å². The van der Waals surface area contributed by atoms with Crippen molar-refractivity contribution in [2.24, 2.45) is 0 Å². The van der Waals surface area contributed by atoms with Gasteiger partial charge in [0.05, 0.1) is 6.61 Å². The predicted octanol–water partition coefficient (Wildman–Crippen LogP) is 0.937. The van der Waals surface area contributed by atoms with E-state index in [1.165, 1.54) is 19.3 Å². The van der Waals surface area contributed by atoms with Crippen molar-refractivity contribution in [3.05, 3.63) is 6.61 Å². The van der Waals surface area contributed by atoms with Crippen molar-refractivity contribution in [3.8, 4) is 0 Å². The second-order valence-corrected chi connectivity index (χ2v) is 2.43. The van der Waals surface area contributed by atoms with Gasteiger partial charge in [-0.05, 0) is 19.4 Å². The van der Waals surface area contributed by atoms with Crippen molar-refractivity contribution < 1.29 is 4.74 Å². The average Bonchev–Trinajstić information content (AvgIpc) is 1.91. The fourth-order valence-corrected chi connectivity index (χ4v) is 1.16. The summed E-state index contributed by atoms with van der Waals surface area (Å²) in [5, 5.41) is 3.34. The van der Waals surface area contributed by atoms with E-state index in [0.717, 1.165) is 6.54 Å². The molecule has 1 N–H and O–H groups in total. The molecule has 1 radical (unpaired) electrons. The minimum Gasteiger partial charge on any atom is -0.377 e. The summed E-state index contributed by atoms with van der Waals surface area (Å²) in [4.78, 5) is 0. The topological polar surface area (TPSA) is 21.3 Å². The first kappa shape index (κ1) is 7.03. The highest BCUT2D eigenvalue weighted by Crippen LogP contribution is 2.08. The van der Waals surface area contributed by atoms with Crippen molar-refractivity contribution in [2.45, 2.75) is 25.3 Å². The second kappa shape index (κ2) is 3.85. The summed E-state index contributed by atoms with van der Waals surface area (Å²) in [5.41, 5.74) is 0. The largest absolute Gasteiger partial charge is 0.377 e. The summed E-state index contributed by atoms with van der Waals surface area (Å²) < 4.78 is 4.89. The zero-order chi connectivity index (χ0) is 6.53. The van der Waals surface area contributed by atoms with Gasteiger partial charge in [-0.2, -0.15) is 0 Å². The van der Waals surface area contributed by atoms with Gasteiger partial charge in [-0.1, -0.05) is 6.42 Å². The van der Waals surface area contributed by atoms with E-state index >= 15 is 0 Å². The molecule has 1 fully saturated rings. The van der Waals surface area contributed by atoms with Crippen LogP contribution in [0, 0.1) is 6.61 Å². The maximum Gasteiger partial charge on any atom is 0.1000 e. The third-order valence-electron chi connectivity index (χ3n) is 1.65. The van der Waals surface area contributed by atoms with Gasteiger partial charge in [0.2, 0.25) is 0 Å². The third-order valence-corrected chi connectivity index (χ3v) is 1.65. The zero-order valence-corrected chi connectivity index (χ0v) is 5.89. The normalized spacial score (nSPS) is 28.3. The van der Waals surface area contributed by atoms with Gasteiger partial charge in [0.25, 0.3) is 0 Å². The molecule has 1 rings (SSSR count). The van der Waals surface area contributed by atoms with Crippen LogP contribution < -0.4 is 5.32 Å². The highest BCUT2D eigenvalue weighted by Gasteiger charge is 2.11. The van der Waals surface area contributed by atoms with Crippen LogP contribution in [0.5, 0.6) is 0 Å². The van der Waals surface area contributed by atoms with E-state index in [2.05, 4.69) is 5.32 Å². The van der Waals surface area contributed by atoms with Gasteiger partial charge in [0, 0.05) is 13.2 Å². The van der Waals surface area contributed by atoms with Gasteiger partial charge in [-0.15, -0.1) is 0 Å². The third kappa shape index (κ3) is 2.33. The Morgan fingerprint density at radius 3 is 3.00 bits per heavy atom. The average molecular weight is 128 g/mol. The van der Waals surface area contributed by atoms with Crippen LogP contribution in [-0.4, -0.2) is 19.7 Å². The number of hydrogen-bond donors (Lipinski definition) is 1. The van der Waals surface area contributed by atoms with Crippen LogP contribution >= 0.6 is 0 Å². The highest BCUT2D eigenvalue weighted by atomic mass is 16.5. The molecule has 53 valence electrons. The minimum atomic E-state index is 0.503. The molecule has 9 heavy (non-hydrogen) atoms. The van der Waals surface area contributed by atoms with Crippen molar-refractivity contribution in [1.29, 1.82) is 0 Å². The molecule has 1 heterocycles. The summed E-state index contributed by atoms with van der Waals surface area (Å²) >= 11 is 0. The molecule has 2 nitrogen and oxygen atoms in total. The minimum absolute atomic E-state index is 0.503. The zero-order valence-electron chi connectivity index (χ0n) is 5.89. The summed E-state index contributed by atoms with van der Waals surface area (Å²) in [5.74, 6) is 0. The van der Waals surface area contributed by atoms with Crippen LogP contribution in [0.1, 0.15) is 19.3 Å². The second-order valence-electron chi connectivity index (χ2n) is 2.43. The van der Waals surface area contributed by atoms with E-state index < -0.39 is 0 Å². The molecule has 1 unspecified atom stereocenters. The van der Waals surface area contributed by atoms with Gasteiger partial charge in [-0.3, -0.25) is 0 Å². The lowest BCUT2D eigenvalue weighted by atomic mass is 10.1. The number of hydrogen-bond acceptors (Lipinski definition) is 2. The molecule has 0 aromatic heterocycles. The van der Waals surface area contributed by atoms with Crippen molar-refractivity contribution >= 4 is 0 Å². The van der Waals surface area contributed by atoms with Gasteiger partial charge in [0.1, 0.15) is 0 Å². The molecular formula is C7H14NO. The highest BCUT2D eigenvalue weighted by molar-refractivity contribution is 4.78. The monoisotopic (exact) mass is 128 g/mol. The molecule has 1 aliphatic rings. The number of piperidine rings is 1. The van der Waals surface area contributed by atoms with Gasteiger partial charge < -0.3 is 10.1 Å². The smallest absolute Gasteiger partial charge is 0.1000 e. The first-order valence-corrected chi connectivity index (χ1v) is 3.53. The first-order valence-electron chi connectivity index (χ1n) is 3.53. The van der Waals surface area contributed by atoms with E-state index in [1.54, 1.807) is 7.11 Å². The van der Waals surface area contributed by atoms with Crippen molar-refractivity contribution in [3.63, 3.8) is 0 Å². The maximum atomic E-state index is 4.89. The Balaban J connectivity index is 2.08. The van der Waals surface area contributed by atoms with E-state index in [1.807, 2.05) is 6.61 Å². The Hall–Kier alpha value is -0.0800. The maximum absolute atomic E-state index is 4.89. The van der Waals surface area contributed by atoms with Crippen molar-refractivity contribution in [1.82, 2.24) is 5.32 Å². The number of rotatable bonds is 2. The summed E-state index contributed by atoms with van der Waals surface area (Å²) in [6.07, 6.45) is 3.87. The van der Waals surface area contributed by atoms with Crippen LogP contribution in [-0.2, 0) is 4.74 Å². The molecule has 0 aromatic rings. The molecule has 2 heteroatoms. The van der Waals surface area contributed by atoms with Gasteiger partial charge in [-0.25, -0.2) is 0 Å². The van der Waals surface area contributed by atoms with Gasteiger partial charge >= 0.3 is 0 Å². The molecule has 0 aromatic carbocycles. The van der Waals surface area contributed by atoms with E-state index in [-0.39, 0.29) is 0 Å². The van der Waals surface area contributed by atoms with E-state index in [0.29, 0.717) is 6.04 Å². The Bertz CT molecular complexity index is 66.6. The first-order chi connectivity index (χ1) is 4.43. The lowest BCUT2D eigenvalue weighted by molar-refractivity contribution is 0.222. The molecule has 1 atom stereocenters. The lowest BCUT2D eigenvalue weighted by Gasteiger charge is -2.21. The fraction of sp³-hybridized carbons (Fsp3) is 0.857. The Morgan fingerprint density at radius 1 is 1.56 bits per heavy atom. The molecular weight excluding hydrogens is 114 g/mol. The molecule has 0 aliphatic carbocycles. The van der Waals surface area contributed by atoms with E-state index in [4.69, 9.17) is 4.74 Å². The van der Waals surface area contributed by atoms with Crippen LogP contribution in [0.25, 0.3) is 0 Å². The SMILES string of the molecule is CO[CH]C1CCCCN1. The molecule has 0 amide bonds. The van der Waals surface area contributed by atoms with Gasteiger partial charge in [0.15, 0.2) is 0 Å². The quantitative estimate of drug-likeness (QED) is 0.597. The molecule has 0 saturated carbocycles. The number of ether oxygens (including phenoxy) is 1. The molecule has 0 bridgehead atoms. The summed E-state index contributed by atoms with van der Waals surface area (Å²) in [6.45, 7) is 3.02. The number of methoxy groups -OCH3 is 1. The predicted molar refractivity (Wildman–Crippen MR) is 37.0 cm³/mol. The fourth-order valence-electron chi connectivity index (χ4n) is 1.16. The van der Waals surface area contributed by atoms with Crippen LogP contribution in [0.2, 0.25) is 0 Å². The number of nitrogens with one attached hydrogen (secondary N) is 1. The van der Waals surface area contributed by atoms with Crippen LogP contribution in [0.3, 0.4) is 0 Å².